The third kappa shape index (κ3) is 4.24. The summed E-state index contributed by atoms with van der Waals surface area (Å²) in [6.07, 6.45) is 0.399. The summed E-state index contributed by atoms with van der Waals surface area (Å²) in [5.41, 5.74) is -0.224. The molecule has 5 rings (SSSR count). The van der Waals surface area contributed by atoms with E-state index in [4.69, 9.17) is 9.47 Å². The number of alkyl halides is 3. The van der Waals surface area contributed by atoms with Gasteiger partial charge in [0, 0.05) is 33.0 Å². The van der Waals surface area contributed by atoms with Crippen LogP contribution in [0, 0.1) is 6.92 Å². The van der Waals surface area contributed by atoms with E-state index in [1.54, 1.807) is 7.11 Å². The average Bonchev–Trinajstić information content (AvgIpc) is 2.74. The molecular weight excluding hydrogens is 465 g/mol. The predicted molar refractivity (Wildman–Crippen MR) is 121 cm³/mol. The highest BCUT2D eigenvalue weighted by atomic mass is 19.4. The van der Waals surface area contributed by atoms with Crippen LogP contribution in [0.15, 0.2) is 18.3 Å². The molecule has 9 nitrogen and oxygen atoms in total. The SMILES string of the molecule is COC1(C2C(=O)Nc3c(C)nc(NC4CC(Oc5ccc(C(F)(F)F)nc5)C4)nc3N2C)CCC1. The number of hydrogen-bond donors (Lipinski definition) is 2. The number of amides is 1. The lowest BCUT2D eigenvalue weighted by Crippen LogP contribution is -2.64. The fourth-order valence-corrected chi connectivity index (χ4v) is 4.99. The second-order valence-electron chi connectivity index (χ2n) is 9.39. The molecular formula is C23H27F3N6O3. The van der Waals surface area contributed by atoms with Crippen molar-refractivity contribution in [1.82, 2.24) is 15.0 Å². The normalized spacial score (nSPS) is 25.1. The summed E-state index contributed by atoms with van der Waals surface area (Å²) < 4.78 is 49.5. The first-order valence-corrected chi connectivity index (χ1v) is 11.5. The Kier molecular flexibility index (Phi) is 5.73. The molecule has 2 fully saturated rings. The average molecular weight is 493 g/mol. The maximum absolute atomic E-state index is 12.9. The van der Waals surface area contributed by atoms with Gasteiger partial charge in [0.25, 0.3) is 0 Å². The van der Waals surface area contributed by atoms with Crippen LogP contribution in [-0.2, 0) is 15.7 Å². The molecule has 188 valence electrons. The van der Waals surface area contributed by atoms with Crippen LogP contribution >= 0.6 is 0 Å². The molecule has 0 spiro atoms. The third-order valence-corrected chi connectivity index (χ3v) is 7.15. The molecule has 12 heteroatoms. The van der Waals surface area contributed by atoms with Crippen LogP contribution in [0.2, 0.25) is 0 Å². The van der Waals surface area contributed by atoms with Gasteiger partial charge in [-0.3, -0.25) is 4.79 Å². The fourth-order valence-electron chi connectivity index (χ4n) is 4.99. The van der Waals surface area contributed by atoms with Gasteiger partial charge in [-0.2, -0.15) is 18.2 Å². The molecule has 1 amide bonds. The number of anilines is 3. The first kappa shape index (κ1) is 23.6. The summed E-state index contributed by atoms with van der Waals surface area (Å²) in [6.45, 7) is 1.82. The maximum Gasteiger partial charge on any atom is 0.433 e. The van der Waals surface area contributed by atoms with E-state index >= 15 is 0 Å². The molecule has 1 unspecified atom stereocenters. The molecule has 3 heterocycles. The Morgan fingerprint density at radius 3 is 2.54 bits per heavy atom. The van der Waals surface area contributed by atoms with Gasteiger partial charge in [-0.05, 0) is 38.3 Å². The van der Waals surface area contributed by atoms with Crippen molar-refractivity contribution in [3.63, 3.8) is 0 Å². The topological polar surface area (TPSA) is 102 Å². The van der Waals surface area contributed by atoms with E-state index in [0.717, 1.165) is 31.5 Å². The van der Waals surface area contributed by atoms with Gasteiger partial charge < -0.3 is 25.0 Å². The Labute approximate surface area is 200 Å². The first-order chi connectivity index (χ1) is 16.6. The zero-order valence-corrected chi connectivity index (χ0v) is 19.6. The van der Waals surface area contributed by atoms with Crippen molar-refractivity contribution in [3.8, 4) is 5.75 Å². The van der Waals surface area contributed by atoms with Gasteiger partial charge >= 0.3 is 6.18 Å². The van der Waals surface area contributed by atoms with Crippen molar-refractivity contribution in [2.75, 3.05) is 29.7 Å². The van der Waals surface area contributed by atoms with Crippen LogP contribution in [-0.4, -0.2) is 58.8 Å². The van der Waals surface area contributed by atoms with Crippen LogP contribution in [0.25, 0.3) is 0 Å². The van der Waals surface area contributed by atoms with Gasteiger partial charge in [0.2, 0.25) is 11.9 Å². The molecule has 0 radical (unpaired) electrons. The number of nitrogens with one attached hydrogen (secondary N) is 2. The second-order valence-corrected chi connectivity index (χ2v) is 9.39. The van der Waals surface area contributed by atoms with Crippen molar-refractivity contribution in [1.29, 1.82) is 0 Å². The second kappa shape index (κ2) is 8.51. The molecule has 0 saturated heterocycles. The molecule has 2 saturated carbocycles. The molecule has 35 heavy (non-hydrogen) atoms. The number of carbonyl (C=O) groups is 1. The van der Waals surface area contributed by atoms with Gasteiger partial charge in [0.1, 0.15) is 29.3 Å². The lowest BCUT2D eigenvalue weighted by Gasteiger charge is -2.50. The predicted octanol–water partition coefficient (Wildman–Crippen LogP) is 3.55. The van der Waals surface area contributed by atoms with Crippen molar-refractivity contribution in [3.05, 3.63) is 29.7 Å². The van der Waals surface area contributed by atoms with Crippen LogP contribution in [0.1, 0.15) is 43.5 Å². The summed E-state index contributed by atoms with van der Waals surface area (Å²) in [7, 11) is 3.49. The minimum absolute atomic E-state index is 0.0519. The summed E-state index contributed by atoms with van der Waals surface area (Å²) in [6, 6.07) is 1.76. The lowest BCUT2D eigenvalue weighted by molar-refractivity contribution is -0.141. The lowest BCUT2D eigenvalue weighted by atomic mass is 9.73. The summed E-state index contributed by atoms with van der Waals surface area (Å²) in [5, 5.41) is 6.27. The van der Waals surface area contributed by atoms with E-state index in [9.17, 15) is 18.0 Å². The molecule has 2 aliphatic carbocycles. The quantitative estimate of drug-likeness (QED) is 0.632. The molecule has 1 aliphatic heterocycles. The number of rotatable bonds is 6. The Morgan fingerprint density at radius 1 is 1.23 bits per heavy atom. The Bertz CT molecular complexity index is 1110. The minimum Gasteiger partial charge on any atom is -0.489 e. The Balaban J connectivity index is 1.23. The van der Waals surface area contributed by atoms with Gasteiger partial charge in [0.15, 0.2) is 5.82 Å². The molecule has 1 atom stereocenters. The molecule has 2 N–H and O–H groups in total. The van der Waals surface area contributed by atoms with Crippen molar-refractivity contribution in [2.24, 2.45) is 0 Å². The van der Waals surface area contributed by atoms with Gasteiger partial charge in [-0.1, -0.05) is 0 Å². The van der Waals surface area contributed by atoms with E-state index in [2.05, 4.69) is 25.6 Å². The van der Waals surface area contributed by atoms with E-state index in [1.807, 2.05) is 18.9 Å². The standard InChI is InChI=1S/C23H27F3N6O3/c1-12-17-19(32(2)18(20(33)30-17)22(34-3)7-4-8-22)31-21(28-12)29-13-9-15(10-13)35-14-5-6-16(27-11-14)23(24,25)26/h5-6,11,13,15,18H,4,7-10H2,1-3H3,(H,30,33)(H,28,29,31). The number of aryl methyl sites for hydroxylation is 1. The number of pyridine rings is 1. The number of halogens is 3. The largest absolute Gasteiger partial charge is 0.489 e. The number of carbonyl (C=O) groups excluding carboxylic acids is 1. The third-order valence-electron chi connectivity index (χ3n) is 7.15. The fraction of sp³-hybridized carbons (Fsp3) is 0.565. The maximum atomic E-state index is 12.9. The van der Waals surface area contributed by atoms with Crippen molar-refractivity contribution < 1.29 is 27.4 Å². The molecule has 3 aliphatic rings. The van der Waals surface area contributed by atoms with E-state index in [1.165, 1.54) is 6.07 Å². The molecule has 0 aromatic carbocycles. The van der Waals surface area contributed by atoms with Gasteiger partial charge in [0.05, 0.1) is 17.5 Å². The number of fused-ring (bicyclic) bond motifs is 1. The molecule has 2 aromatic rings. The minimum atomic E-state index is -4.48. The van der Waals surface area contributed by atoms with E-state index in [-0.39, 0.29) is 18.1 Å². The smallest absolute Gasteiger partial charge is 0.433 e. The number of hydrogen-bond acceptors (Lipinski definition) is 8. The Morgan fingerprint density at radius 2 is 1.97 bits per heavy atom. The van der Waals surface area contributed by atoms with Crippen molar-refractivity contribution in [2.45, 2.75) is 69.0 Å². The zero-order chi connectivity index (χ0) is 25.0. The number of likely N-dealkylation sites (N-methyl/N-ethyl adjacent to an activating group) is 1. The first-order valence-electron chi connectivity index (χ1n) is 11.5. The summed E-state index contributed by atoms with van der Waals surface area (Å²) in [4.78, 5) is 27.4. The van der Waals surface area contributed by atoms with Crippen LogP contribution < -0.4 is 20.3 Å². The van der Waals surface area contributed by atoms with Crippen LogP contribution in [0.5, 0.6) is 5.75 Å². The van der Waals surface area contributed by atoms with E-state index < -0.39 is 23.5 Å². The molecule has 0 bridgehead atoms. The zero-order valence-electron chi connectivity index (χ0n) is 19.6. The van der Waals surface area contributed by atoms with Gasteiger partial charge in [-0.15, -0.1) is 0 Å². The van der Waals surface area contributed by atoms with E-state index in [0.29, 0.717) is 41.7 Å². The Hall–Kier alpha value is -3.15. The van der Waals surface area contributed by atoms with Crippen LogP contribution in [0.3, 0.4) is 0 Å². The highest BCUT2D eigenvalue weighted by molar-refractivity contribution is 6.04. The monoisotopic (exact) mass is 492 g/mol. The van der Waals surface area contributed by atoms with Gasteiger partial charge in [-0.25, -0.2) is 9.97 Å². The number of aromatic nitrogens is 3. The number of methoxy groups -OCH3 is 1. The summed E-state index contributed by atoms with van der Waals surface area (Å²) >= 11 is 0. The number of nitrogens with zero attached hydrogens (tertiary/aromatic N) is 4. The highest BCUT2D eigenvalue weighted by Gasteiger charge is 2.52. The van der Waals surface area contributed by atoms with Crippen LogP contribution in [0.4, 0.5) is 30.6 Å². The number of ether oxygens (including phenoxy) is 2. The van der Waals surface area contributed by atoms with Crippen molar-refractivity contribution >= 4 is 23.4 Å². The summed E-state index contributed by atoms with van der Waals surface area (Å²) in [5.74, 6) is 1.26. The highest BCUT2D eigenvalue weighted by Crippen LogP contribution is 2.44. The molecule has 2 aromatic heterocycles.